The van der Waals surface area contributed by atoms with Crippen LogP contribution in [0.15, 0.2) is 36.4 Å². The van der Waals surface area contributed by atoms with E-state index < -0.39 is 92.1 Å². The number of hydrogen-bond acceptors (Lipinski definition) is 15. The number of phenolic OH excluding ortho intramolecular Hbond substituents is 3. The highest BCUT2D eigenvalue weighted by Crippen LogP contribution is 2.48. The first-order valence-corrected chi connectivity index (χ1v) is 13.2. The fourth-order valence-corrected chi connectivity index (χ4v) is 5.26. The summed E-state index contributed by atoms with van der Waals surface area (Å²) >= 11 is 0. The van der Waals surface area contributed by atoms with E-state index in [0.717, 1.165) is 6.07 Å². The summed E-state index contributed by atoms with van der Waals surface area (Å²) in [6.45, 7) is 0.918. The summed E-state index contributed by atoms with van der Waals surface area (Å²) in [5, 5.41) is 103. The average Bonchev–Trinajstić information content (AvgIpc) is 2.95. The van der Waals surface area contributed by atoms with Gasteiger partial charge in [0.15, 0.2) is 18.7 Å². The zero-order valence-corrected chi connectivity index (χ0v) is 22.2. The smallest absolute Gasteiger partial charge is 0.187 e. The van der Waals surface area contributed by atoms with Gasteiger partial charge in [0, 0.05) is 12.1 Å². The number of benzene rings is 2. The quantitative estimate of drug-likeness (QED) is 0.173. The van der Waals surface area contributed by atoms with Crippen LogP contribution in [0.25, 0.3) is 0 Å². The molecule has 2 aromatic rings. The molecule has 42 heavy (non-hydrogen) atoms. The molecule has 3 aliphatic rings. The van der Waals surface area contributed by atoms with Crippen LogP contribution in [0.5, 0.6) is 23.0 Å². The van der Waals surface area contributed by atoms with E-state index in [9.17, 15) is 51.1 Å². The maximum Gasteiger partial charge on any atom is 0.187 e. The van der Waals surface area contributed by atoms with E-state index in [4.69, 9.17) is 23.7 Å². The van der Waals surface area contributed by atoms with Gasteiger partial charge in [-0.2, -0.15) is 0 Å². The largest absolute Gasteiger partial charge is 0.508 e. The molecule has 15 nitrogen and oxygen atoms in total. The number of phenols is 3. The van der Waals surface area contributed by atoms with Crippen molar-refractivity contribution < 1.29 is 74.7 Å². The van der Waals surface area contributed by atoms with Crippen LogP contribution >= 0.6 is 0 Å². The van der Waals surface area contributed by atoms with E-state index in [0.29, 0.717) is 5.56 Å². The Morgan fingerprint density at radius 1 is 0.714 bits per heavy atom. The molecule has 0 amide bonds. The van der Waals surface area contributed by atoms with Crippen molar-refractivity contribution in [3.05, 3.63) is 47.5 Å². The minimum absolute atomic E-state index is 0.0576. The second-order valence-electron chi connectivity index (χ2n) is 10.6. The monoisotopic (exact) mass is 598 g/mol. The summed E-state index contributed by atoms with van der Waals surface area (Å²) in [6.07, 6.45) is -19.6. The first-order valence-electron chi connectivity index (χ1n) is 13.2. The number of ether oxygens (including phenoxy) is 5. The van der Waals surface area contributed by atoms with Gasteiger partial charge in [0.25, 0.3) is 0 Å². The number of fused-ring (bicyclic) bond motifs is 1. The van der Waals surface area contributed by atoms with E-state index in [1.165, 1.54) is 37.3 Å². The average molecular weight is 599 g/mol. The number of aliphatic hydroxyl groups is 7. The molecule has 3 heterocycles. The predicted octanol–water partition coefficient (Wildman–Crippen LogP) is -1.99. The van der Waals surface area contributed by atoms with Crippen LogP contribution < -0.4 is 4.74 Å². The molecule has 2 saturated heterocycles. The van der Waals surface area contributed by atoms with Gasteiger partial charge in [-0.05, 0) is 24.6 Å². The lowest BCUT2D eigenvalue weighted by Gasteiger charge is -2.45. The summed E-state index contributed by atoms with van der Waals surface area (Å²) in [6, 6.07) is 7.84. The Hall–Kier alpha value is -2.80. The minimum atomic E-state index is -1.84. The zero-order chi connectivity index (χ0) is 30.5. The van der Waals surface area contributed by atoms with E-state index in [-0.39, 0.29) is 22.8 Å². The molecular weight excluding hydrogens is 564 g/mol. The van der Waals surface area contributed by atoms with Crippen LogP contribution in [0.2, 0.25) is 0 Å². The molecule has 3 aliphatic heterocycles. The van der Waals surface area contributed by atoms with Gasteiger partial charge in [-0.1, -0.05) is 12.1 Å². The van der Waals surface area contributed by atoms with Gasteiger partial charge in [0.2, 0.25) is 0 Å². The van der Waals surface area contributed by atoms with Crippen molar-refractivity contribution >= 4 is 0 Å². The molecule has 0 aromatic heterocycles. The number of rotatable bonds is 6. The maximum absolute atomic E-state index is 11.3. The Morgan fingerprint density at radius 2 is 1.36 bits per heavy atom. The fraction of sp³-hybridized carbons (Fsp3) is 0.556. The van der Waals surface area contributed by atoms with Gasteiger partial charge in [0.1, 0.15) is 77.9 Å². The number of aliphatic hydroxyl groups excluding tert-OH is 7. The van der Waals surface area contributed by atoms with Crippen molar-refractivity contribution in [1.82, 2.24) is 0 Å². The lowest BCUT2D eigenvalue weighted by atomic mass is 9.91. The van der Waals surface area contributed by atoms with Gasteiger partial charge in [-0.25, -0.2) is 0 Å². The van der Waals surface area contributed by atoms with Gasteiger partial charge < -0.3 is 74.7 Å². The summed E-state index contributed by atoms with van der Waals surface area (Å²) in [5.41, 5.74) is 0.256. The lowest BCUT2D eigenvalue weighted by molar-refractivity contribution is -0.341. The molecule has 0 aliphatic carbocycles. The molecule has 15 heteroatoms. The first-order chi connectivity index (χ1) is 19.9. The molecule has 0 saturated carbocycles. The van der Waals surface area contributed by atoms with E-state index in [1.807, 2.05) is 0 Å². The SMILES string of the molecule is C[C@@H]1O[C@@H](OC[C@H]2O[C@@H](OC3C(O)c4c(O)cc(O)cc4OC3c3ccc(O)cc3)[C@H](O)[C@@H](O)[C@@H]2O)[C@H](O)[C@H](O)[C@H]1O. The highest BCUT2D eigenvalue weighted by atomic mass is 16.7. The van der Waals surface area contributed by atoms with Crippen LogP contribution in [-0.4, -0.2) is 125 Å². The normalized spacial score (nSPS) is 40.2. The predicted molar refractivity (Wildman–Crippen MR) is 136 cm³/mol. The summed E-state index contributed by atoms with van der Waals surface area (Å²) in [7, 11) is 0. The van der Waals surface area contributed by atoms with Gasteiger partial charge in [0.05, 0.1) is 18.3 Å². The molecule has 232 valence electrons. The Labute approximate surface area is 238 Å². The van der Waals surface area contributed by atoms with Crippen molar-refractivity contribution in [2.75, 3.05) is 6.61 Å². The molecular formula is C27H34O15. The molecule has 0 radical (unpaired) electrons. The van der Waals surface area contributed by atoms with E-state index in [1.54, 1.807) is 0 Å². The molecule has 0 bridgehead atoms. The third-order valence-electron chi connectivity index (χ3n) is 7.68. The minimum Gasteiger partial charge on any atom is -0.508 e. The number of aromatic hydroxyl groups is 3. The second kappa shape index (κ2) is 12.1. The van der Waals surface area contributed by atoms with Crippen LogP contribution in [0.3, 0.4) is 0 Å². The third-order valence-corrected chi connectivity index (χ3v) is 7.68. The summed E-state index contributed by atoms with van der Waals surface area (Å²) in [4.78, 5) is 0. The highest BCUT2D eigenvalue weighted by Gasteiger charge is 2.50. The number of hydrogen-bond donors (Lipinski definition) is 10. The first kappa shape index (κ1) is 30.7. The van der Waals surface area contributed by atoms with Crippen LogP contribution in [0.1, 0.15) is 30.3 Å². The standard InChI is InChI=1S/C27H34O15/c1-9-17(31)20(34)22(36)26(39-9)38-8-15-18(32)21(35)23(37)27(41-15)42-25-19(33)16-13(30)6-12(29)7-14(16)40-24(25)10-2-4-11(28)5-3-10/h2-7,9,15,17-37H,8H2,1H3/t9-,15+,17-,18+,19?,20+,21-,22+,23+,24?,25?,26+,27-/m0/s1. The molecule has 2 fully saturated rings. The van der Waals surface area contributed by atoms with Crippen molar-refractivity contribution in [3.63, 3.8) is 0 Å². The Bertz CT molecular complexity index is 1230. The Balaban J connectivity index is 1.38. The summed E-state index contributed by atoms with van der Waals surface area (Å²) in [5.74, 6) is -0.957. The molecule has 0 spiro atoms. The van der Waals surface area contributed by atoms with Gasteiger partial charge in [-0.15, -0.1) is 0 Å². The molecule has 10 N–H and O–H groups in total. The molecule has 2 aromatic carbocycles. The summed E-state index contributed by atoms with van der Waals surface area (Å²) < 4.78 is 28.5. The molecule has 3 unspecified atom stereocenters. The zero-order valence-electron chi connectivity index (χ0n) is 22.2. The van der Waals surface area contributed by atoms with Crippen molar-refractivity contribution in [3.8, 4) is 23.0 Å². The van der Waals surface area contributed by atoms with Crippen LogP contribution in [0, 0.1) is 0 Å². The van der Waals surface area contributed by atoms with Crippen molar-refractivity contribution in [1.29, 1.82) is 0 Å². The Kier molecular flexibility index (Phi) is 8.80. The van der Waals surface area contributed by atoms with Gasteiger partial charge >= 0.3 is 0 Å². The van der Waals surface area contributed by atoms with Crippen molar-refractivity contribution in [2.45, 2.75) is 86.6 Å². The van der Waals surface area contributed by atoms with E-state index >= 15 is 0 Å². The van der Waals surface area contributed by atoms with Crippen LogP contribution in [-0.2, 0) is 18.9 Å². The lowest BCUT2D eigenvalue weighted by Crippen LogP contribution is -2.61. The maximum atomic E-state index is 11.3. The van der Waals surface area contributed by atoms with Gasteiger partial charge in [-0.3, -0.25) is 0 Å². The highest BCUT2D eigenvalue weighted by molar-refractivity contribution is 5.53. The second-order valence-corrected chi connectivity index (χ2v) is 10.6. The van der Waals surface area contributed by atoms with Crippen LogP contribution in [0.4, 0.5) is 0 Å². The fourth-order valence-electron chi connectivity index (χ4n) is 5.26. The topological polar surface area (TPSA) is 248 Å². The van der Waals surface area contributed by atoms with Crippen molar-refractivity contribution in [2.24, 2.45) is 0 Å². The van der Waals surface area contributed by atoms with E-state index in [2.05, 4.69) is 0 Å². The third kappa shape index (κ3) is 5.73. The Morgan fingerprint density at radius 3 is 2.05 bits per heavy atom. The molecule has 13 atom stereocenters. The molecule has 5 rings (SSSR count).